The number of ether oxygens (including phenoxy) is 3. The van der Waals surface area contributed by atoms with Crippen molar-refractivity contribution in [3.05, 3.63) is 29.3 Å². The van der Waals surface area contributed by atoms with Crippen molar-refractivity contribution in [3.8, 4) is 5.75 Å². The molecule has 1 atom stereocenters. The van der Waals surface area contributed by atoms with Crippen molar-refractivity contribution in [2.75, 3.05) is 26.4 Å². The highest BCUT2D eigenvalue weighted by atomic mass is 16.5. The Morgan fingerprint density at radius 3 is 3.14 bits per heavy atom. The maximum atomic E-state index is 11.8. The molecule has 1 N–H and O–H groups in total. The molecule has 5 nitrogen and oxygen atoms in total. The van der Waals surface area contributed by atoms with Gasteiger partial charge in [-0.25, -0.2) is 0 Å². The summed E-state index contributed by atoms with van der Waals surface area (Å²) in [6.07, 6.45) is 4.37. The molecule has 0 radical (unpaired) electrons. The number of rotatable bonds is 6. The smallest absolute Gasteiger partial charge is 0.246 e. The van der Waals surface area contributed by atoms with E-state index in [1.165, 1.54) is 5.56 Å². The highest BCUT2D eigenvalue weighted by Gasteiger charge is 2.16. The van der Waals surface area contributed by atoms with Crippen molar-refractivity contribution in [2.45, 2.75) is 38.3 Å². The number of nitrogens with one attached hydrogen (secondary N) is 1. The van der Waals surface area contributed by atoms with E-state index < -0.39 is 0 Å². The van der Waals surface area contributed by atoms with E-state index in [1.807, 2.05) is 12.1 Å². The van der Waals surface area contributed by atoms with Gasteiger partial charge >= 0.3 is 0 Å². The lowest BCUT2D eigenvalue weighted by Crippen LogP contribution is -2.28. The van der Waals surface area contributed by atoms with E-state index in [2.05, 4.69) is 11.4 Å². The Balaban J connectivity index is 1.39. The largest absolute Gasteiger partial charge is 0.493 e. The van der Waals surface area contributed by atoms with Crippen LogP contribution in [-0.4, -0.2) is 38.4 Å². The summed E-state index contributed by atoms with van der Waals surface area (Å²) in [6, 6.07) is 6.10. The van der Waals surface area contributed by atoms with Gasteiger partial charge in [0.1, 0.15) is 12.4 Å². The highest BCUT2D eigenvalue weighted by molar-refractivity contribution is 5.77. The van der Waals surface area contributed by atoms with E-state index in [1.54, 1.807) is 0 Å². The van der Waals surface area contributed by atoms with Crippen LogP contribution in [0.25, 0.3) is 0 Å². The molecular weight excluding hydrogens is 282 g/mol. The van der Waals surface area contributed by atoms with Crippen LogP contribution >= 0.6 is 0 Å². The van der Waals surface area contributed by atoms with Crippen molar-refractivity contribution >= 4 is 5.91 Å². The fourth-order valence-electron chi connectivity index (χ4n) is 2.83. The van der Waals surface area contributed by atoms with E-state index in [0.717, 1.165) is 50.2 Å². The Morgan fingerprint density at radius 1 is 1.32 bits per heavy atom. The summed E-state index contributed by atoms with van der Waals surface area (Å²) < 4.78 is 16.4. The molecule has 1 aromatic rings. The molecule has 2 aliphatic heterocycles. The topological polar surface area (TPSA) is 56.8 Å². The van der Waals surface area contributed by atoms with E-state index in [9.17, 15) is 4.79 Å². The first-order valence-electron chi connectivity index (χ1n) is 8.02. The minimum atomic E-state index is -0.0908. The molecule has 0 aromatic heterocycles. The second kappa shape index (κ2) is 7.61. The summed E-state index contributed by atoms with van der Waals surface area (Å²) in [4.78, 5) is 11.8. The van der Waals surface area contributed by atoms with E-state index in [-0.39, 0.29) is 18.6 Å². The molecule has 0 saturated carbocycles. The van der Waals surface area contributed by atoms with Gasteiger partial charge in [0.05, 0.1) is 19.3 Å². The minimum absolute atomic E-state index is 0.0908. The maximum absolute atomic E-state index is 11.8. The SMILES string of the molecule is O=C(COCC1CCCO1)NCc1ccc2c(c1)CCCO2. The number of aryl methyl sites for hydroxylation is 1. The van der Waals surface area contributed by atoms with Crippen LogP contribution in [0.3, 0.4) is 0 Å². The molecule has 120 valence electrons. The van der Waals surface area contributed by atoms with Crippen LogP contribution in [0.2, 0.25) is 0 Å². The van der Waals surface area contributed by atoms with Gasteiger partial charge in [-0.2, -0.15) is 0 Å². The molecule has 0 bridgehead atoms. The van der Waals surface area contributed by atoms with Crippen molar-refractivity contribution in [3.63, 3.8) is 0 Å². The molecule has 0 spiro atoms. The lowest BCUT2D eigenvalue weighted by Gasteiger charge is -2.18. The summed E-state index contributed by atoms with van der Waals surface area (Å²) in [5.41, 5.74) is 2.32. The van der Waals surface area contributed by atoms with Crippen molar-refractivity contribution in [2.24, 2.45) is 0 Å². The lowest BCUT2D eigenvalue weighted by atomic mass is 10.0. The first-order chi connectivity index (χ1) is 10.8. The molecule has 22 heavy (non-hydrogen) atoms. The van der Waals surface area contributed by atoms with Gasteiger partial charge in [-0.15, -0.1) is 0 Å². The molecule has 1 aromatic carbocycles. The Morgan fingerprint density at radius 2 is 2.27 bits per heavy atom. The summed E-state index contributed by atoms with van der Waals surface area (Å²) >= 11 is 0. The maximum Gasteiger partial charge on any atom is 0.246 e. The fraction of sp³-hybridized carbons (Fsp3) is 0.588. The van der Waals surface area contributed by atoms with Gasteiger partial charge in [-0.05, 0) is 42.9 Å². The molecule has 1 fully saturated rings. The third-order valence-corrected chi connectivity index (χ3v) is 4.02. The van der Waals surface area contributed by atoms with Crippen LogP contribution in [0.5, 0.6) is 5.75 Å². The molecule has 0 aliphatic carbocycles. The number of carbonyl (C=O) groups is 1. The summed E-state index contributed by atoms with van der Waals surface area (Å²) in [5, 5.41) is 2.89. The molecule has 1 saturated heterocycles. The predicted molar refractivity (Wildman–Crippen MR) is 81.9 cm³/mol. The molecule has 2 heterocycles. The molecule has 3 rings (SSSR count). The predicted octanol–water partition coefficient (Wildman–Crippen LogP) is 1.82. The molecule has 5 heteroatoms. The monoisotopic (exact) mass is 305 g/mol. The van der Waals surface area contributed by atoms with Gasteiger partial charge in [0, 0.05) is 13.2 Å². The van der Waals surface area contributed by atoms with Crippen LogP contribution in [0.4, 0.5) is 0 Å². The van der Waals surface area contributed by atoms with E-state index in [0.29, 0.717) is 13.2 Å². The first-order valence-corrected chi connectivity index (χ1v) is 8.02. The molecule has 2 aliphatic rings. The van der Waals surface area contributed by atoms with Crippen LogP contribution in [0.15, 0.2) is 18.2 Å². The number of fused-ring (bicyclic) bond motifs is 1. The standard InChI is InChI=1S/C17H23NO4/c19-17(12-20-11-15-4-2-7-21-15)18-10-13-5-6-16-14(9-13)3-1-8-22-16/h5-6,9,15H,1-4,7-8,10-12H2,(H,18,19). The summed E-state index contributed by atoms with van der Waals surface area (Å²) in [6.45, 7) is 2.72. The van der Waals surface area contributed by atoms with Crippen molar-refractivity contribution < 1.29 is 19.0 Å². The van der Waals surface area contributed by atoms with Crippen LogP contribution in [-0.2, 0) is 27.2 Å². The van der Waals surface area contributed by atoms with E-state index in [4.69, 9.17) is 14.2 Å². The molecular formula is C17H23NO4. The number of carbonyl (C=O) groups excluding carboxylic acids is 1. The van der Waals surface area contributed by atoms with Crippen molar-refractivity contribution in [1.29, 1.82) is 0 Å². The Kier molecular flexibility index (Phi) is 5.29. The first kappa shape index (κ1) is 15.3. The van der Waals surface area contributed by atoms with Gasteiger partial charge < -0.3 is 19.5 Å². The summed E-state index contributed by atoms with van der Waals surface area (Å²) in [7, 11) is 0. The van der Waals surface area contributed by atoms with Gasteiger partial charge in [-0.1, -0.05) is 12.1 Å². The zero-order valence-electron chi connectivity index (χ0n) is 12.8. The lowest BCUT2D eigenvalue weighted by molar-refractivity contribution is -0.127. The average Bonchev–Trinajstić information content (AvgIpc) is 3.06. The highest BCUT2D eigenvalue weighted by Crippen LogP contribution is 2.25. The second-order valence-electron chi connectivity index (χ2n) is 5.82. The van der Waals surface area contributed by atoms with Crippen molar-refractivity contribution in [1.82, 2.24) is 5.32 Å². The molecule has 1 amide bonds. The number of hydrogen-bond acceptors (Lipinski definition) is 4. The molecule has 1 unspecified atom stereocenters. The van der Waals surface area contributed by atoms with Gasteiger partial charge in [0.25, 0.3) is 0 Å². The number of amides is 1. The van der Waals surface area contributed by atoms with Gasteiger partial charge in [-0.3, -0.25) is 4.79 Å². The zero-order valence-corrected chi connectivity index (χ0v) is 12.8. The Labute approximate surface area is 130 Å². The second-order valence-corrected chi connectivity index (χ2v) is 5.82. The third kappa shape index (κ3) is 4.21. The summed E-state index contributed by atoms with van der Waals surface area (Å²) in [5.74, 6) is 0.883. The fourth-order valence-corrected chi connectivity index (χ4v) is 2.83. The number of benzene rings is 1. The van der Waals surface area contributed by atoms with E-state index >= 15 is 0 Å². The average molecular weight is 305 g/mol. The third-order valence-electron chi connectivity index (χ3n) is 4.02. The van der Waals surface area contributed by atoms with Crippen LogP contribution in [0, 0.1) is 0 Å². The minimum Gasteiger partial charge on any atom is -0.493 e. The number of hydrogen-bond donors (Lipinski definition) is 1. The Bertz CT molecular complexity index is 511. The quantitative estimate of drug-likeness (QED) is 0.871. The normalized spacial score (nSPS) is 20.3. The van der Waals surface area contributed by atoms with Crippen LogP contribution in [0.1, 0.15) is 30.4 Å². The van der Waals surface area contributed by atoms with Crippen LogP contribution < -0.4 is 10.1 Å². The zero-order chi connectivity index (χ0) is 15.2. The van der Waals surface area contributed by atoms with Gasteiger partial charge in [0.15, 0.2) is 0 Å². The van der Waals surface area contributed by atoms with Gasteiger partial charge in [0.2, 0.25) is 5.91 Å². The Hall–Kier alpha value is -1.59.